The van der Waals surface area contributed by atoms with Gasteiger partial charge in [0, 0.05) is 25.3 Å². The van der Waals surface area contributed by atoms with Crippen LogP contribution in [0.4, 0.5) is 0 Å². The molecule has 1 aliphatic heterocycles. The first-order valence-electron chi connectivity index (χ1n) is 7.93. The maximum atomic E-state index is 9.71. The molecule has 1 aromatic heterocycles. The van der Waals surface area contributed by atoms with Gasteiger partial charge in [-0.1, -0.05) is 18.2 Å². The van der Waals surface area contributed by atoms with Gasteiger partial charge in [-0.15, -0.1) is 10.2 Å². The van der Waals surface area contributed by atoms with E-state index >= 15 is 0 Å². The zero-order valence-electron chi connectivity index (χ0n) is 13.3. The minimum Gasteiger partial charge on any atom is -0.391 e. The van der Waals surface area contributed by atoms with Crippen LogP contribution in [0.15, 0.2) is 41.7 Å². The second-order valence-electron chi connectivity index (χ2n) is 5.51. The van der Waals surface area contributed by atoms with Crippen molar-refractivity contribution < 1.29 is 5.11 Å². The molecule has 2 N–H and O–H groups in total. The molecule has 0 aliphatic carbocycles. The van der Waals surface area contributed by atoms with Crippen LogP contribution in [0.1, 0.15) is 19.2 Å². The summed E-state index contributed by atoms with van der Waals surface area (Å²) in [5.41, 5.74) is 1.02. The Kier molecular flexibility index (Phi) is 4.87. The highest BCUT2D eigenvalue weighted by molar-refractivity contribution is 5.80. The van der Waals surface area contributed by atoms with Gasteiger partial charge in [0.25, 0.3) is 0 Å². The van der Waals surface area contributed by atoms with Crippen LogP contribution in [0.2, 0.25) is 0 Å². The molecule has 1 atom stereocenters. The highest BCUT2D eigenvalue weighted by atomic mass is 16.3. The number of aliphatic imine (C=N–C) groups is 1. The van der Waals surface area contributed by atoms with Crippen molar-refractivity contribution in [2.75, 3.05) is 19.6 Å². The molecule has 1 aliphatic rings. The Bertz CT molecular complexity index is 654. The number of para-hydroxylation sites is 1. The lowest BCUT2D eigenvalue weighted by atomic mass is 10.3. The Morgan fingerprint density at radius 2 is 2.22 bits per heavy atom. The smallest absolute Gasteiger partial charge is 0.194 e. The monoisotopic (exact) mass is 314 g/mol. The Morgan fingerprint density at radius 3 is 2.91 bits per heavy atom. The molecule has 23 heavy (non-hydrogen) atoms. The first-order chi connectivity index (χ1) is 11.3. The van der Waals surface area contributed by atoms with Crippen LogP contribution in [0, 0.1) is 0 Å². The Hall–Kier alpha value is -2.41. The van der Waals surface area contributed by atoms with Crippen molar-refractivity contribution in [3.8, 4) is 5.69 Å². The van der Waals surface area contributed by atoms with Gasteiger partial charge in [0.05, 0.1) is 6.10 Å². The van der Waals surface area contributed by atoms with Crippen molar-refractivity contribution in [3.05, 3.63) is 42.5 Å². The number of hydrogen-bond donors (Lipinski definition) is 2. The zero-order chi connectivity index (χ0) is 16.1. The van der Waals surface area contributed by atoms with Crippen molar-refractivity contribution in [1.29, 1.82) is 0 Å². The van der Waals surface area contributed by atoms with Crippen molar-refractivity contribution in [2.24, 2.45) is 4.99 Å². The van der Waals surface area contributed by atoms with Crippen molar-refractivity contribution in [3.63, 3.8) is 0 Å². The van der Waals surface area contributed by atoms with Crippen LogP contribution in [0.3, 0.4) is 0 Å². The molecular formula is C16H22N6O. The van der Waals surface area contributed by atoms with Crippen LogP contribution in [0.25, 0.3) is 5.69 Å². The van der Waals surface area contributed by atoms with E-state index in [1.54, 1.807) is 6.33 Å². The molecule has 0 radical (unpaired) electrons. The zero-order valence-corrected chi connectivity index (χ0v) is 13.3. The number of benzene rings is 1. The number of β-amino-alcohol motifs (C(OH)–C–C–N with tert-alkyl or cyclic N) is 1. The number of aromatic nitrogens is 3. The highest BCUT2D eigenvalue weighted by Gasteiger charge is 2.22. The van der Waals surface area contributed by atoms with Gasteiger partial charge in [0.1, 0.15) is 12.9 Å². The van der Waals surface area contributed by atoms with E-state index in [2.05, 4.69) is 25.4 Å². The van der Waals surface area contributed by atoms with Crippen LogP contribution >= 0.6 is 0 Å². The second-order valence-corrected chi connectivity index (χ2v) is 5.51. The average molecular weight is 314 g/mol. The SMILES string of the molecule is CCNC(=NCc1nncn1-c1ccccc1)N1CC[C@@H](O)C1. The van der Waals surface area contributed by atoms with E-state index in [-0.39, 0.29) is 6.10 Å². The van der Waals surface area contributed by atoms with Gasteiger partial charge in [-0.05, 0) is 25.5 Å². The molecular weight excluding hydrogens is 292 g/mol. The quantitative estimate of drug-likeness (QED) is 0.645. The van der Waals surface area contributed by atoms with Gasteiger partial charge < -0.3 is 15.3 Å². The molecule has 2 aromatic rings. The van der Waals surface area contributed by atoms with E-state index in [4.69, 9.17) is 0 Å². The Morgan fingerprint density at radius 1 is 1.39 bits per heavy atom. The molecule has 3 rings (SSSR count). The maximum Gasteiger partial charge on any atom is 0.194 e. The molecule has 122 valence electrons. The molecule has 7 nitrogen and oxygen atoms in total. The van der Waals surface area contributed by atoms with Gasteiger partial charge in [0.15, 0.2) is 11.8 Å². The van der Waals surface area contributed by atoms with E-state index in [1.807, 2.05) is 41.8 Å². The van der Waals surface area contributed by atoms with E-state index in [9.17, 15) is 5.11 Å². The molecule has 0 spiro atoms. The highest BCUT2D eigenvalue weighted by Crippen LogP contribution is 2.12. The minimum atomic E-state index is -0.271. The predicted octanol–water partition coefficient (Wildman–Crippen LogP) is 0.799. The summed E-state index contributed by atoms with van der Waals surface area (Å²) in [6, 6.07) is 9.97. The second kappa shape index (κ2) is 7.23. The standard InChI is InChI=1S/C16H22N6O/c1-2-17-16(21-9-8-14(23)11-21)18-10-15-20-19-12-22(15)13-6-4-3-5-7-13/h3-7,12,14,23H,2,8-11H2,1H3,(H,17,18)/t14-/m1/s1. The molecule has 1 aromatic carbocycles. The van der Waals surface area contributed by atoms with Gasteiger partial charge >= 0.3 is 0 Å². The summed E-state index contributed by atoms with van der Waals surface area (Å²) >= 11 is 0. The van der Waals surface area contributed by atoms with Crippen LogP contribution in [-0.2, 0) is 6.54 Å². The maximum absolute atomic E-state index is 9.71. The summed E-state index contributed by atoms with van der Waals surface area (Å²) in [4.78, 5) is 6.74. The summed E-state index contributed by atoms with van der Waals surface area (Å²) in [6.45, 7) is 4.70. The molecule has 1 fully saturated rings. The largest absolute Gasteiger partial charge is 0.391 e. The fourth-order valence-corrected chi connectivity index (χ4v) is 2.68. The molecule has 0 saturated carbocycles. The Balaban J connectivity index is 1.77. The summed E-state index contributed by atoms with van der Waals surface area (Å²) in [7, 11) is 0. The number of nitrogens with zero attached hydrogens (tertiary/aromatic N) is 5. The third-order valence-corrected chi connectivity index (χ3v) is 3.82. The van der Waals surface area contributed by atoms with E-state index in [1.165, 1.54) is 0 Å². The molecule has 7 heteroatoms. The summed E-state index contributed by atoms with van der Waals surface area (Å²) < 4.78 is 1.94. The molecule has 0 amide bonds. The Labute approximate surface area is 135 Å². The van der Waals surface area contributed by atoms with Gasteiger partial charge in [-0.3, -0.25) is 4.57 Å². The lowest BCUT2D eigenvalue weighted by molar-refractivity contribution is 0.188. The van der Waals surface area contributed by atoms with Gasteiger partial charge in [-0.25, -0.2) is 4.99 Å². The number of aliphatic hydroxyl groups excluding tert-OH is 1. The lowest BCUT2D eigenvalue weighted by Crippen LogP contribution is -2.40. The predicted molar refractivity (Wildman–Crippen MR) is 88.4 cm³/mol. The number of rotatable bonds is 4. The molecule has 1 saturated heterocycles. The molecule has 0 bridgehead atoms. The topological polar surface area (TPSA) is 78.6 Å². The lowest BCUT2D eigenvalue weighted by Gasteiger charge is -2.20. The molecule has 2 heterocycles. The van der Waals surface area contributed by atoms with Crippen LogP contribution in [-0.4, -0.2) is 56.5 Å². The third-order valence-electron chi connectivity index (χ3n) is 3.82. The summed E-state index contributed by atoms with van der Waals surface area (Å²) in [6.07, 6.45) is 2.21. The first-order valence-corrected chi connectivity index (χ1v) is 7.93. The first kappa shape index (κ1) is 15.5. The summed E-state index contributed by atoms with van der Waals surface area (Å²) in [5.74, 6) is 1.60. The number of likely N-dealkylation sites (tertiary alicyclic amines) is 1. The minimum absolute atomic E-state index is 0.271. The normalized spacial score (nSPS) is 18.4. The number of guanidine groups is 1. The number of nitrogens with one attached hydrogen (secondary N) is 1. The van der Waals surface area contributed by atoms with Crippen molar-refractivity contribution >= 4 is 5.96 Å². The van der Waals surface area contributed by atoms with E-state index in [0.29, 0.717) is 13.1 Å². The molecule has 0 unspecified atom stereocenters. The average Bonchev–Trinajstić information content (AvgIpc) is 3.21. The van der Waals surface area contributed by atoms with Gasteiger partial charge in [-0.2, -0.15) is 0 Å². The van der Waals surface area contributed by atoms with Crippen molar-refractivity contribution in [1.82, 2.24) is 25.0 Å². The fraction of sp³-hybridized carbons (Fsp3) is 0.438. The van der Waals surface area contributed by atoms with Crippen molar-refractivity contribution in [2.45, 2.75) is 26.0 Å². The van der Waals surface area contributed by atoms with E-state index < -0.39 is 0 Å². The number of hydrogen-bond acceptors (Lipinski definition) is 4. The van der Waals surface area contributed by atoms with E-state index in [0.717, 1.165) is 37.0 Å². The van der Waals surface area contributed by atoms with Gasteiger partial charge in [0.2, 0.25) is 0 Å². The fourth-order valence-electron chi connectivity index (χ4n) is 2.68. The van der Waals surface area contributed by atoms with Crippen LogP contribution < -0.4 is 5.32 Å². The number of aliphatic hydroxyl groups is 1. The van der Waals surface area contributed by atoms with Crippen LogP contribution in [0.5, 0.6) is 0 Å². The summed E-state index contributed by atoms with van der Waals surface area (Å²) in [5, 5.41) is 21.2. The third kappa shape index (κ3) is 3.68.